The molecule has 0 saturated carbocycles. The van der Waals surface area contributed by atoms with Crippen LogP contribution in [0.1, 0.15) is 35.9 Å². The number of H-pyrrole nitrogens is 1. The monoisotopic (exact) mass is 247 g/mol. The summed E-state index contributed by atoms with van der Waals surface area (Å²) in [4.78, 5) is 12.1. The second kappa shape index (κ2) is 4.95. The Balaban J connectivity index is 2.12. The highest BCUT2D eigenvalue weighted by molar-refractivity contribution is 5.94. The Morgan fingerprint density at radius 2 is 2.44 bits per heavy atom. The van der Waals surface area contributed by atoms with E-state index in [-0.39, 0.29) is 11.9 Å². The van der Waals surface area contributed by atoms with Crippen LogP contribution in [0.3, 0.4) is 0 Å². The van der Waals surface area contributed by atoms with E-state index in [2.05, 4.69) is 15.5 Å². The summed E-state index contributed by atoms with van der Waals surface area (Å²) in [6.45, 7) is 4.58. The van der Waals surface area contributed by atoms with Crippen LogP contribution in [0.25, 0.3) is 0 Å². The third-order valence-corrected chi connectivity index (χ3v) is 2.86. The zero-order valence-electron chi connectivity index (χ0n) is 10.5. The maximum absolute atomic E-state index is 12.1. The van der Waals surface area contributed by atoms with Gasteiger partial charge in [0.1, 0.15) is 5.69 Å². The van der Waals surface area contributed by atoms with Crippen molar-refractivity contribution in [2.45, 2.75) is 26.4 Å². The van der Waals surface area contributed by atoms with Gasteiger partial charge in [0.15, 0.2) is 0 Å². The lowest BCUT2D eigenvalue weighted by molar-refractivity contribution is 0.0930. The van der Waals surface area contributed by atoms with Gasteiger partial charge in [-0.2, -0.15) is 5.10 Å². The number of anilines is 1. The van der Waals surface area contributed by atoms with Crippen LogP contribution in [0, 0.1) is 0 Å². The molecular formula is C12H17N5O. The Hall–Kier alpha value is -2.24. The third-order valence-electron chi connectivity index (χ3n) is 2.86. The van der Waals surface area contributed by atoms with Gasteiger partial charge < -0.3 is 15.6 Å². The van der Waals surface area contributed by atoms with Gasteiger partial charge in [-0.3, -0.25) is 9.89 Å². The van der Waals surface area contributed by atoms with E-state index < -0.39 is 0 Å². The van der Waals surface area contributed by atoms with Crippen molar-refractivity contribution < 1.29 is 4.79 Å². The topological polar surface area (TPSA) is 88.7 Å². The van der Waals surface area contributed by atoms with Crippen LogP contribution in [0.2, 0.25) is 0 Å². The van der Waals surface area contributed by atoms with Crippen molar-refractivity contribution in [3.63, 3.8) is 0 Å². The van der Waals surface area contributed by atoms with Crippen molar-refractivity contribution in [3.05, 3.63) is 35.9 Å². The normalized spacial score (nSPS) is 12.3. The molecule has 0 aromatic carbocycles. The molecule has 2 aromatic heterocycles. The Morgan fingerprint density at radius 1 is 1.67 bits per heavy atom. The van der Waals surface area contributed by atoms with Crippen LogP contribution in [-0.2, 0) is 6.54 Å². The number of nitrogen functional groups attached to an aromatic ring is 1. The molecule has 6 nitrogen and oxygen atoms in total. The number of carbonyl (C=O) groups excluding carboxylic acids is 1. The minimum atomic E-state index is -0.137. The molecule has 2 heterocycles. The van der Waals surface area contributed by atoms with E-state index in [4.69, 9.17) is 5.73 Å². The average molecular weight is 247 g/mol. The fourth-order valence-corrected chi connectivity index (χ4v) is 1.84. The molecule has 2 aromatic rings. The number of aromatic amines is 1. The molecule has 0 bridgehead atoms. The first-order chi connectivity index (χ1) is 8.61. The predicted octanol–water partition coefficient (Wildman–Crippen LogP) is 1.30. The minimum Gasteiger partial charge on any atom is -0.397 e. The highest BCUT2D eigenvalue weighted by Gasteiger charge is 2.15. The zero-order valence-corrected chi connectivity index (χ0v) is 10.5. The SMILES string of the molecule is CCn1cc(N)cc1C(=O)NC(C)c1cn[nH]c1. The molecule has 4 N–H and O–H groups in total. The lowest BCUT2D eigenvalue weighted by Gasteiger charge is -2.13. The Kier molecular flexibility index (Phi) is 3.36. The number of nitrogens with two attached hydrogens (primary N) is 1. The van der Waals surface area contributed by atoms with Gasteiger partial charge in [0.25, 0.3) is 5.91 Å². The molecule has 6 heteroatoms. The summed E-state index contributed by atoms with van der Waals surface area (Å²) in [5.74, 6) is -0.137. The number of aromatic nitrogens is 3. The van der Waals surface area contributed by atoms with Crippen LogP contribution in [0.5, 0.6) is 0 Å². The first-order valence-electron chi connectivity index (χ1n) is 5.87. The number of rotatable bonds is 4. The summed E-state index contributed by atoms with van der Waals surface area (Å²) in [5.41, 5.74) is 7.81. The summed E-state index contributed by atoms with van der Waals surface area (Å²) in [5, 5.41) is 9.49. The van der Waals surface area contributed by atoms with Crippen molar-refractivity contribution in [2.75, 3.05) is 5.73 Å². The second-order valence-corrected chi connectivity index (χ2v) is 4.17. The zero-order chi connectivity index (χ0) is 13.1. The van der Waals surface area contributed by atoms with E-state index in [1.54, 1.807) is 24.7 Å². The summed E-state index contributed by atoms with van der Waals surface area (Å²) >= 11 is 0. The molecule has 0 fully saturated rings. The molecule has 0 aliphatic carbocycles. The van der Waals surface area contributed by atoms with Crippen molar-refractivity contribution in [2.24, 2.45) is 0 Å². The highest BCUT2D eigenvalue weighted by Crippen LogP contribution is 2.14. The summed E-state index contributed by atoms with van der Waals surface area (Å²) in [6, 6.07) is 1.58. The van der Waals surface area contributed by atoms with Crippen molar-refractivity contribution >= 4 is 11.6 Å². The maximum Gasteiger partial charge on any atom is 0.268 e. The number of carbonyl (C=O) groups is 1. The van der Waals surface area contributed by atoms with Gasteiger partial charge >= 0.3 is 0 Å². The molecule has 0 aliphatic rings. The van der Waals surface area contributed by atoms with Gasteiger partial charge in [-0.25, -0.2) is 0 Å². The maximum atomic E-state index is 12.1. The fourth-order valence-electron chi connectivity index (χ4n) is 1.84. The molecule has 1 atom stereocenters. The molecule has 1 unspecified atom stereocenters. The number of nitrogens with one attached hydrogen (secondary N) is 2. The van der Waals surface area contributed by atoms with Crippen LogP contribution < -0.4 is 11.1 Å². The van der Waals surface area contributed by atoms with Crippen molar-refractivity contribution in [1.82, 2.24) is 20.1 Å². The van der Waals surface area contributed by atoms with Gasteiger partial charge in [-0.1, -0.05) is 0 Å². The third kappa shape index (κ3) is 2.37. The number of nitrogens with zero attached hydrogens (tertiary/aromatic N) is 2. The second-order valence-electron chi connectivity index (χ2n) is 4.17. The van der Waals surface area contributed by atoms with E-state index >= 15 is 0 Å². The van der Waals surface area contributed by atoms with Crippen LogP contribution >= 0.6 is 0 Å². The summed E-state index contributed by atoms with van der Waals surface area (Å²) in [7, 11) is 0. The molecule has 0 aliphatic heterocycles. The lowest BCUT2D eigenvalue weighted by Crippen LogP contribution is -2.28. The lowest BCUT2D eigenvalue weighted by atomic mass is 10.2. The molecule has 96 valence electrons. The number of hydrogen-bond acceptors (Lipinski definition) is 3. The van der Waals surface area contributed by atoms with Gasteiger partial charge in [0.05, 0.1) is 17.9 Å². The number of hydrogen-bond donors (Lipinski definition) is 3. The molecule has 0 saturated heterocycles. The minimum absolute atomic E-state index is 0.0994. The first-order valence-corrected chi connectivity index (χ1v) is 5.87. The van der Waals surface area contributed by atoms with Crippen LogP contribution in [-0.4, -0.2) is 20.7 Å². The van der Waals surface area contributed by atoms with Crippen molar-refractivity contribution in [1.29, 1.82) is 0 Å². The molecule has 2 rings (SSSR count). The molecule has 0 radical (unpaired) electrons. The van der Waals surface area contributed by atoms with E-state index in [1.165, 1.54) is 0 Å². The van der Waals surface area contributed by atoms with E-state index in [0.717, 1.165) is 5.56 Å². The molecule has 1 amide bonds. The number of aryl methyl sites for hydroxylation is 1. The van der Waals surface area contributed by atoms with Gasteiger partial charge in [-0.15, -0.1) is 0 Å². The van der Waals surface area contributed by atoms with Gasteiger partial charge in [-0.05, 0) is 19.9 Å². The predicted molar refractivity (Wildman–Crippen MR) is 69.0 cm³/mol. The van der Waals surface area contributed by atoms with Crippen LogP contribution in [0.15, 0.2) is 24.7 Å². The first kappa shape index (κ1) is 12.2. The average Bonchev–Trinajstić information content (AvgIpc) is 2.96. The Bertz CT molecular complexity index is 529. The molecular weight excluding hydrogens is 230 g/mol. The summed E-state index contributed by atoms with van der Waals surface area (Å²) < 4.78 is 1.83. The molecule has 0 spiro atoms. The van der Waals surface area contributed by atoms with Crippen molar-refractivity contribution in [3.8, 4) is 0 Å². The smallest absolute Gasteiger partial charge is 0.268 e. The fraction of sp³-hybridized carbons (Fsp3) is 0.333. The number of amides is 1. The van der Waals surface area contributed by atoms with Crippen LogP contribution in [0.4, 0.5) is 5.69 Å². The van der Waals surface area contributed by atoms with E-state index in [0.29, 0.717) is 17.9 Å². The largest absolute Gasteiger partial charge is 0.397 e. The Labute approximate surface area is 105 Å². The van der Waals surface area contributed by atoms with E-state index in [1.807, 2.05) is 18.4 Å². The quantitative estimate of drug-likeness (QED) is 0.761. The standard InChI is InChI=1S/C12H17N5O/c1-3-17-7-10(13)4-11(17)12(18)16-8(2)9-5-14-15-6-9/h4-8H,3,13H2,1-2H3,(H,14,15)(H,16,18). The van der Waals surface area contributed by atoms with E-state index in [9.17, 15) is 4.79 Å². The van der Waals surface area contributed by atoms with Gasteiger partial charge in [0, 0.05) is 24.5 Å². The highest BCUT2D eigenvalue weighted by atomic mass is 16.2. The molecule has 18 heavy (non-hydrogen) atoms. The Morgan fingerprint density at radius 3 is 3.06 bits per heavy atom. The van der Waals surface area contributed by atoms with Gasteiger partial charge in [0.2, 0.25) is 0 Å². The summed E-state index contributed by atoms with van der Waals surface area (Å²) in [6.07, 6.45) is 5.22.